The lowest BCUT2D eigenvalue weighted by Gasteiger charge is -2.22. The van der Waals surface area contributed by atoms with Crippen molar-refractivity contribution in [2.24, 2.45) is 11.7 Å². The molecule has 0 radical (unpaired) electrons. The Balaban J connectivity index is 2.26. The highest BCUT2D eigenvalue weighted by atomic mass is 16.2. The molecule has 0 heterocycles. The van der Waals surface area contributed by atoms with Gasteiger partial charge in [-0.2, -0.15) is 0 Å². The fourth-order valence-corrected chi connectivity index (χ4v) is 2.46. The molecule has 1 aliphatic rings. The van der Waals surface area contributed by atoms with E-state index >= 15 is 0 Å². The summed E-state index contributed by atoms with van der Waals surface area (Å²) in [5.41, 5.74) is 5.84. The Hall–Kier alpha value is -0.570. The van der Waals surface area contributed by atoms with Gasteiger partial charge in [0.05, 0.1) is 6.04 Å². The van der Waals surface area contributed by atoms with Gasteiger partial charge < -0.3 is 11.1 Å². The first-order chi connectivity index (χ1) is 7.65. The van der Waals surface area contributed by atoms with Gasteiger partial charge in [-0.05, 0) is 32.1 Å². The number of hydrogen-bond acceptors (Lipinski definition) is 2. The van der Waals surface area contributed by atoms with Gasteiger partial charge in [-0.15, -0.1) is 0 Å². The molecule has 1 amide bonds. The van der Waals surface area contributed by atoms with Gasteiger partial charge in [-0.25, -0.2) is 0 Å². The average molecular weight is 226 g/mol. The van der Waals surface area contributed by atoms with E-state index in [-0.39, 0.29) is 11.9 Å². The molecule has 1 saturated carbocycles. The monoisotopic (exact) mass is 226 g/mol. The SMILES string of the molecule is CCCCC(N)C(=O)N[C@H](C)C1CCCC1. The Bertz CT molecular complexity index is 212. The Labute approximate surface area is 99.2 Å². The molecule has 0 aromatic carbocycles. The van der Waals surface area contributed by atoms with Crippen molar-refractivity contribution in [3.05, 3.63) is 0 Å². The summed E-state index contributed by atoms with van der Waals surface area (Å²) >= 11 is 0. The largest absolute Gasteiger partial charge is 0.352 e. The number of hydrogen-bond donors (Lipinski definition) is 2. The van der Waals surface area contributed by atoms with Crippen molar-refractivity contribution in [1.82, 2.24) is 5.32 Å². The lowest BCUT2D eigenvalue weighted by molar-refractivity contribution is -0.123. The number of nitrogens with two attached hydrogens (primary N) is 1. The summed E-state index contributed by atoms with van der Waals surface area (Å²) in [6.45, 7) is 4.23. The van der Waals surface area contributed by atoms with Crippen molar-refractivity contribution >= 4 is 5.91 Å². The first-order valence-corrected chi connectivity index (χ1v) is 6.71. The van der Waals surface area contributed by atoms with Crippen molar-refractivity contribution < 1.29 is 4.79 Å². The van der Waals surface area contributed by atoms with Crippen LogP contribution in [0.1, 0.15) is 58.8 Å². The topological polar surface area (TPSA) is 55.1 Å². The quantitative estimate of drug-likeness (QED) is 0.729. The molecular formula is C13H26N2O. The normalized spacial score (nSPS) is 20.7. The van der Waals surface area contributed by atoms with Crippen LogP contribution in [0.3, 0.4) is 0 Å². The van der Waals surface area contributed by atoms with E-state index < -0.39 is 0 Å². The van der Waals surface area contributed by atoms with E-state index in [1.165, 1.54) is 25.7 Å². The number of carbonyl (C=O) groups is 1. The summed E-state index contributed by atoms with van der Waals surface area (Å²) < 4.78 is 0. The Morgan fingerprint density at radius 1 is 1.44 bits per heavy atom. The van der Waals surface area contributed by atoms with Crippen molar-refractivity contribution in [1.29, 1.82) is 0 Å². The second-order valence-electron chi connectivity index (χ2n) is 5.09. The highest BCUT2D eigenvalue weighted by Crippen LogP contribution is 2.27. The van der Waals surface area contributed by atoms with Gasteiger partial charge in [0.2, 0.25) is 5.91 Å². The molecule has 1 rings (SSSR count). The third kappa shape index (κ3) is 4.12. The first-order valence-electron chi connectivity index (χ1n) is 6.71. The van der Waals surface area contributed by atoms with E-state index in [4.69, 9.17) is 5.73 Å². The van der Waals surface area contributed by atoms with Gasteiger partial charge in [-0.3, -0.25) is 4.79 Å². The molecule has 0 aromatic rings. The maximum absolute atomic E-state index is 11.8. The highest BCUT2D eigenvalue weighted by Gasteiger charge is 2.24. The van der Waals surface area contributed by atoms with Gasteiger partial charge in [0.1, 0.15) is 0 Å². The second kappa shape index (κ2) is 6.89. The van der Waals surface area contributed by atoms with Crippen LogP contribution in [-0.2, 0) is 4.79 Å². The maximum atomic E-state index is 11.8. The molecule has 0 aliphatic heterocycles. The van der Waals surface area contributed by atoms with Gasteiger partial charge in [0.25, 0.3) is 0 Å². The van der Waals surface area contributed by atoms with E-state index in [0.29, 0.717) is 12.0 Å². The number of rotatable bonds is 6. The van der Waals surface area contributed by atoms with Crippen molar-refractivity contribution in [2.75, 3.05) is 0 Å². The number of amides is 1. The minimum absolute atomic E-state index is 0.0350. The van der Waals surface area contributed by atoms with Crippen LogP contribution in [0.25, 0.3) is 0 Å². The maximum Gasteiger partial charge on any atom is 0.237 e. The van der Waals surface area contributed by atoms with Crippen LogP contribution in [0.4, 0.5) is 0 Å². The van der Waals surface area contributed by atoms with Gasteiger partial charge >= 0.3 is 0 Å². The molecule has 1 aliphatic carbocycles. The van der Waals surface area contributed by atoms with Crippen LogP contribution in [0.2, 0.25) is 0 Å². The van der Waals surface area contributed by atoms with Crippen LogP contribution in [0.5, 0.6) is 0 Å². The summed E-state index contributed by atoms with van der Waals surface area (Å²) in [6, 6.07) is -0.0218. The molecule has 3 heteroatoms. The molecule has 0 saturated heterocycles. The summed E-state index contributed by atoms with van der Waals surface area (Å²) in [7, 11) is 0. The molecule has 0 spiro atoms. The third-order valence-electron chi connectivity index (χ3n) is 3.68. The fraction of sp³-hybridized carbons (Fsp3) is 0.923. The zero-order valence-electron chi connectivity index (χ0n) is 10.7. The standard InChI is InChI=1S/C13H26N2O/c1-3-4-9-12(14)13(16)15-10(2)11-7-5-6-8-11/h10-12H,3-9,14H2,1-2H3,(H,15,16)/t10-,12?/m1/s1. The molecular weight excluding hydrogens is 200 g/mol. The highest BCUT2D eigenvalue weighted by molar-refractivity contribution is 5.81. The third-order valence-corrected chi connectivity index (χ3v) is 3.68. The molecule has 3 N–H and O–H groups in total. The van der Waals surface area contributed by atoms with Crippen LogP contribution < -0.4 is 11.1 Å². The molecule has 0 bridgehead atoms. The molecule has 2 atom stereocenters. The van der Waals surface area contributed by atoms with Crippen LogP contribution in [0, 0.1) is 5.92 Å². The minimum atomic E-state index is -0.316. The summed E-state index contributed by atoms with van der Waals surface area (Å²) in [4.78, 5) is 11.8. The molecule has 3 nitrogen and oxygen atoms in total. The Morgan fingerprint density at radius 2 is 2.06 bits per heavy atom. The van der Waals surface area contributed by atoms with Gasteiger partial charge in [-0.1, -0.05) is 32.6 Å². The summed E-state index contributed by atoms with van der Waals surface area (Å²) in [5.74, 6) is 0.704. The number of carbonyl (C=O) groups excluding carboxylic acids is 1. The van der Waals surface area contributed by atoms with Gasteiger partial charge in [0, 0.05) is 6.04 Å². The Kier molecular flexibility index (Phi) is 5.81. The smallest absolute Gasteiger partial charge is 0.237 e. The fourth-order valence-electron chi connectivity index (χ4n) is 2.46. The Morgan fingerprint density at radius 3 is 2.62 bits per heavy atom. The lowest BCUT2D eigenvalue weighted by atomic mass is 9.99. The predicted octanol–water partition coefficient (Wildman–Crippen LogP) is 2.20. The second-order valence-corrected chi connectivity index (χ2v) is 5.09. The summed E-state index contributed by atoms with van der Waals surface area (Å²) in [5, 5.41) is 3.07. The van der Waals surface area contributed by atoms with E-state index in [1.54, 1.807) is 0 Å². The number of nitrogens with one attached hydrogen (secondary N) is 1. The average Bonchev–Trinajstić information content (AvgIpc) is 2.79. The van der Waals surface area contributed by atoms with Crippen molar-refractivity contribution in [3.8, 4) is 0 Å². The van der Waals surface area contributed by atoms with E-state index in [9.17, 15) is 4.79 Å². The van der Waals surface area contributed by atoms with Crippen molar-refractivity contribution in [3.63, 3.8) is 0 Å². The first kappa shape index (κ1) is 13.5. The predicted molar refractivity (Wildman–Crippen MR) is 67.1 cm³/mol. The number of unbranched alkanes of at least 4 members (excludes halogenated alkanes) is 1. The van der Waals surface area contributed by atoms with Crippen LogP contribution in [-0.4, -0.2) is 18.0 Å². The zero-order chi connectivity index (χ0) is 12.0. The van der Waals surface area contributed by atoms with E-state index in [0.717, 1.165) is 19.3 Å². The minimum Gasteiger partial charge on any atom is -0.352 e. The lowest BCUT2D eigenvalue weighted by Crippen LogP contribution is -2.46. The van der Waals surface area contributed by atoms with Gasteiger partial charge in [0.15, 0.2) is 0 Å². The van der Waals surface area contributed by atoms with E-state index in [1.807, 2.05) is 0 Å². The molecule has 94 valence electrons. The molecule has 1 unspecified atom stereocenters. The summed E-state index contributed by atoms with van der Waals surface area (Å²) in [6.07, 6.45) is 8.07. The van der Waals surface area contributed by atoms with Crippen LogP contribution in [0.15, 0.2) is 0 Å². The molecule has 16 heavy (non-hydrogen) atoms. The van der Waals surface area contributed by atoms with Crippen molar-refractivity contribution in [2.45, 2.75) is 70.9 Å². The zero-order valence-corrected chi connectivity index (χ0v) is 10.7. The molecule has 0 aromatic heterocycles. The van der Waals surface area contributed by atoms with Crippen LogP contribution >= 0.6 is 0 Å². The molecule has 1 fully saturated rings. The van der Waals surface area contributed by atoms with E-state index in [2.05, 4.69) is 19.2 Å².